The van der Waals surface area contributed by atoms with Crippen molar-refractivity contribution in [1.29, 1.82) is 0 Å². The average molecular weight is 474 g/mol. The van der Waals surface area contributed by atoms with Crippen LogP contribution in [0, 0.1) is 5.82 Å². The molecule has 3 heterocycles. The Labute approximate surface area is 185 Å². The molecule has 0 radical (unpaired) electrons. The zero-order valence-electron chi connectivity index (χ0n) is 15.4. The molecule has 1 atom stereocenters. The number of benzene rings is 1. The summed E-state index contributed by atoms with van der Waals surface area (Å²) < 4.78 is 18.9. The van der Waals surface area contributed by atoms with E-state index in [4.69, 9.17) is 39.5 Å². The topological polar surface area (TPSA) is 85.2 Å². The minimum Gasteiger partial charge on any atom is -0.378 e. The zero-order valence-corrected chi connectivity index (χ0v) is 17.7. The highest BCUT2D eigenvalue weighted by Gasteiger charge is 2.37. The molecule has 1 fully saturated rings. The van der Waals surface area contributed by atoms with Gasteiger partial charge < -0.3 is 15.0 Å². The second-order valence-corrected chi connectivity index (χ2v) is 8.89. The van der Waals surface area contributed by atoms with Gasteiger partial charge >= 0.3 is 0 Å². The van der Waals surface area contributed by atoms with Crippen molar-refractivity contribution in [3.8, 4) is 0 Å². The molecule has 1 unspecified atom stereocenters. The molecule has 1 saturated heterocycles. The molecule has 0 saturated carbocycles. The van der Waals surface area contributed by atoms with Gasteiger partial charge in [0.15, 0.2) is 23.1 Å². The Morgan fingerprint density at radius 3 is 2.60 bits per heavy atom. The van der Waals surface area contributed by atoms with Gasteiger partial charge in [-0.15, -0.1) is 0 Å². The number of carbonyl (C=O) groups is 1. The number of morpholine rings is 1. The lowest BCUT2D eigenvalue weighted by atomic mass is 10.2. The summed E-state index contributed by atoms with van der Waals surface area (Å²) in [5.41, 5.74) is 0.667. The summed E-state index contributed by atoms with van der Waals surface area (Å²) in [6.45, 7) is 2.44. The van der Waals surface area contributed by atoms with Gasteiger partial charge in [-0.2, -0.15) is 0 Å². The number of rotatable bonds is 4. The van der Waals surface area contributed by atoms with E-state index in [9.17, 15) is 9.18 Å². The number of carbonyl (C=O) groups excluding carboxylic acids is 1. The van der Waals surface area contributed by atoms with Crippen LogP contribution in [0.4, 0.5) is 10.2 Å². The molecule has 1 aliphatic rings. The molecule has 12 heteroatoms. The van der Waals surface area contributed by atoms with Gasteiger partial charge in [-0.25, -0.2) is 19.3 Å². The minimum absolute atomic E-state index is 0.176. The van der Waals surface area contributed by atoms with Crippen molar-refractivity contribution in [1.82, 2.24) is 24.8 Å². The molecule has 1 N–H and O–H groups in total. The Hall–Kier alpha value is -2.20. The number of hydrogen-bond acceptors (Lipinski definition) is 6. The van der Waals surface area contributed by atoms with E-state index in [1.165, 1.54) is 41.5 Å². The van der Waals surface area contributed by atoms with Crippen molar-refractivity contribution < 1.29 is 13.9 Å². The first kappa shape index (κ1) is 21.0. The number of anilines is 1. The van der Waals surface area contributed by atoms with Crippen LogP contribution < -0.4 is 10.2 Å². The standard InChI is InChI=1S/C18H16Cl3FN6O2/c19-18(20,21)17(26-16(29)11-3-1-2-4-12(11)22)28-10-25-13-14(23-9-24-15(13)28)27-5-7-30-8-6-27/h1-4,9-10,17H,5-8H2,(H,26,29). The monoisotopic (exact) mass is 472 g/mol. The highest BCUT2D eigenvalue weighted by atomic mass is 35.6. The first-order valence-electron chi connectivity index (χ1n) is 8.98. The Bertz CT molecular complexity index is 1070. The fourth-order valence-electron chi connectivity index (χ4n) is 3.19. The maximum absolute atomic E-state index is 14.0. The maximum Gasteiger partial charge on any atom is 0.255 e. The molecule has 30 heavy (non-hydrogen) atoms. The van der Waals surface area contributed by atoms with E-state index in [-0.39, 0.29) is 5.56 Å². The molecule has 0 aliphatic carbocycles. The number of nitrogens with zero attached hydrogens (tertiary/aromatic N) is 5. The highest BCUT2D eigenvalue weighted by molar-refractivity contribution is 6.68. The second kappa shape index (κ2) is 8.50. The summed E-state index contributed by atoms with van der Waals surface area (Å²) in [6, 6.07) is 5.53. The lowest BCUT2D eigenvalue weighted by Crippen LogP contribution is -2.40. The Morgan fingerprint density at radius 1 is 1.17 bits per heavy atom. The number of ether oxygens (including phenoxy) is 1. The Morgan fingerprint density at radius 2 is 1.90 bits per heavy atom. The number of alkyl halides is 3. The van der Waals surface area contributed by atoms with Crippen LogP contribution in [0.25, 0.3) is 11.2 Å². The van der Waals surface area contributed by atoms with Crippen molar-refractivity contribution in [2.75, 3.05) is 31.2 Å². The second-order valence-electron chi connectivity index (χ2n) is 6.52. The molecule has 0 bridgehead atoms. The van der Waals surface area contributed by atoms with Gasteiger partial charge in [0.2, 0.25) is 3.79 Å². The first-order valence-corrected chi connectivity index (χ1v) is 10.1. The first-order chi connectivity index (χ1) is 14.4. The van der Waals surface area contributed by atoms with Crippen LogP contribution in [0.15, 0.2) is 36.9 Å². The molecule has 2 aromatic heterocycles. The van der Waals surface area contributed by atoms with Crippen molar-refractivity contribution >= 4 is 57.7 Å². The number of amides is 1. The maximum atomic E-state index is 14.0. The van der Waals surface area contributed by atoms with E-state index in [2.05, 4.69) is 20.3 Å². The third kappa shape index (κ3) is 4.15. The molecule has 1 amide bonds. The Kier molecular flexibility index (Phi) is 5.97. The molecule has 3 aromatic rings. The van der Waals surface area contributed by atoms with E-state index in [0.29, 0.717) is 43.3 Å². The van der Waals surface area contributed by atoms with Crippen LogP contribution in [0.1, 0.15) is 16.5 Å². The van der Waals surface area contributed by atoms with E-state index in [1.54, 1.807) is 0 Å². The van der Waals surface area contributed by atoms with E-state index < -0.39 is 21.7 Å². The quantitative estimate of drug-likeness (QED) is 0.586. The SMILES string of the molecule is O=C(NC(n1cnc2c(N3CCOCC3)ncnc21)C(Cl)(Cl)Cl)c1ccccc1F. The van der Waals surface area contributed by atoms with Gasteiger partial charge in [0.1, 0.15) is 12.1 Å². The van der Waals surface area contributed by atoms with Gasteiger partial charge in [-0.3, -0.25) is 9.36 Å². The van der Waals surface area contributed by atoms with Gasteiger partial charge in [0.25, 0.3) is 5.91 Å². The summed E-state index contributed by atoms with van der Waals surface area (Å²) in [7, 11) is 0. The van der Waals surface area contributed by atoms with Crippen LogP contribution in [-0.4, -0.2) is 55.5 Å². The summed E-state index contributed by atoms with van der Waals surface area (Å²) in [6.07, 6.45) is 1.57. The number of fused-ring (bicyclic) bond motifs is 1. The van der Waals surface area contributed by atoms with Crippen LogP contribution in [0.2, 0.25) is 0 Å². The lowest BCUT2D eigenvalue weighted by molar-refractivity contribution is 0.0917. The fourth-order valence-corrected chi connectivity index (χ4v) is 3.67. The molecule has 4 rings (SSSR count). The molecule has 8 nitrogen and oxygen atoms in total. The van der Waals surface area contributed by atoms with E-state index >= 15 is 0 Å². The van der Waals surface area contributed by atoms with Gasteiger partial charge in [0, 0.05) is 13.1 Å². The van der Waals surface area contributed by atoms with Crippen molar-refractivity contribution in [2.24, 2.45) is 0 Å². The normalized spacial score (nSPS) is 15.9. The number of nitrogens with one attached hydrogen (secondary N) is 1. The third-order valence-corrected chi connectivity index (χ3v) is 5.24. The minimum atomic E-state index is -1.97. The molecule has 1 aliphatic heterocycles. The predicted molar refractivity (Wildman–Crippen MR) is 112 cm³/mol. The van der Waals surface area contributed by atoms with Crippen LogP contribution in [0.3, 0.4) is 0 Å². The number of halogens is 4. The smallest absolute Gasteiger partial charge is 0.255 e. The highest BCUT2D eigenvalue weighted by Crippen LogP contribution is 2.38. The number of aromatic nitrogens is 4. The molecular weight excluding hydrogens is 458 g/mol. The summed E-state index contributed by atoms with van der Waals surface area (Å²) in [4.78, 5) is 27.6. The predicted octanol–water partition coefficient (Wildman–Crippen LogP) is 3.10. The van der Waals surface area contributed by atoms with Gasteiger partial charge in [-0.05, 0) is 12.1 Å². The van der Waals surface area contributed by atoms with Crippen molar-refractivity contribution in [3.63, 3.8) is 0 Å². The lowest BCUT2D eigenvalue weighted by Gasteiger charge is -2.28. The molecular formula is C18H16Cl3FN6O2. The molecule has 158 valence electrons. The summed E-state index contributed by atoms with van der Waals surface area (Å²) in [5.74, 6) is -0.815. The van der Waals surface area contributed by atoms with Crippen LogP contribution in [0.5, 0.6) is 0 Å². The number of imidazole rings is 1. The van der Waals surface area contributed by atoms with Crippen molar-refractivity contribution in [2.45, 2.75) is 9.96 Å². The third-order valence-electron chi connectivity index (χ3n) is 4.62. The average Bonchev–Trinajstić information content (AvgIpc) is 3.15. The van der Waals surface area contributed by atoms with Crippen LogP contribution in [-0.2, 0) is 4.74 Å². The fraction of sp³-hybridized carbons (Fsp3) is 0.333. The zero-order chi connectivity index (χ0) is 21.3. The summed E-state index contributed by atoms with van der Waals surface area (Å²) in [5, 5.41) is 2.56. The van der Waals surface area contributed by atoms with Crippen LogP contribution >= 0.6 is 34.8 Å². The van der Waals surface area contributed by atoms with Gasteiger partial charge in [0.05, 0.1) is 25.1 Å². The largest absolute Gasteiger partial charge is 0.378 e. The van der Waals surface area contributed by atoms with Gasteiger partial charge in [-0.1, -0.05) is 46.9 Å². The molecule has 1 aromatic carbocycles. The number of hydrogen-bond donors (Lipinski definition) is 1. The van der Waals surface area contributed by atoms with Crippen molar-refractivity contribution in [3.05, 3.63) is 48.3 Å². The molecule has 0 spiro atoms. The van der Waals surface area contributed by atoms with E-state index in [0.717, 1.165) is 0 Å². The summed E-state index contributed by atoms with van der Waals surface area (Å²) >= 11 is 18.5. The Balaban J connectivity index is 1.71. The van der Waals surface area contributed by atoms with E-state index in [1.807, 2.05) is 4.90 Å².